The molecule has 5 nitrogen and oxygen atoms in total. The van der Waals surface area contributed by atoms with Crippen molar-refractivity contribution in [1.82, 2.24) is 0 Å². The van der Waals surface area contributed by atoms with Gasteiger partial charge in [-0.3, -0.25) is 9.59 Å². The lowest BCUT2D eigenvalue weighted by Crippen LogP contribution is -2.30. The second kappa shape index (κ2) is 5.74. The van der Waals surface area contributed by atoms with Crippen LogP contribution in [0.1, 0.15) is 25.3 Å². The van der Waals surface area contributed by atoms with Crippen LogP contribution in [0.25, 0.3) is 0 Å². The number of carboxylic acids is 1. The molecule has 0 heterocycles. The van der Waals surface area contributed by atoms with Crippen molar-refractivity contribution in [2.45, 2.75) is 19.8 Å². The monoisotopic (exact) mass is 272 g/mol. The van der Waals surface area contributed by atoms with Crippen LogP contribution in [0.3, 0.4) is 0 Å². The van der Waals surface area contributed by atoms with Crippen LogP contribution in [0, 0.1) is 29.1 Å². The lowest BCUT2D eigenvalue weighted by atomic mass is 9.95. The van der Waals surface area contributed by atoms with E-state index >= 15 is 0 Å². The Labute approximate surface area is 117 Å². The molecule has 104 valence electrons. The van der Waals surface area contributed by atoms with Crippen molar-refractivity contribution < 1.29 is 14.7 Å². The van der Waals surface area contributed by atoms with Crippen molar-refractivity contribution in [2.24, 2.45) is 17.8 Å². The van der Waals surface area contributed by atoms with Gasteiger partial charge in [-0.1, -0.05) is 19.1 Å². The zero-order chi connectivity index (χ0) is 14.7. The molecule has 2 N–H and O–H groups in total. The molecule has 1 fully saturated rings. The van der Waals surface area contributed by atoms with Gasteiger partial charge in [-0.2, -0.15) is 5.26 Å². The molecule has 0 aromatic heterocycles. The van der Waals surface area contributed by atoms with Gasteiger partial charge in [-0.15, -0.1) is 0 Å². The van der Waals surface area contributed by atoms with Crippen LogP contribution < -0.4 is 5.32 Å². The average Bonchev–Trinajstić information content (AvgIpc) is 2.82. The van der Waals surface area contributed by atoms with Crippen molar-refractivity contribution in [3.8, 4) is 6.07 Å². The number of hydrogen-bond donors (Lipinski definition) is 2. The second-order valence-corrected chi connectivity index (χ2v) is 5.27. The Bertz CT molecular complexity index is 577. The van der Waals surface area contributed by atoms with Gasteiger partial charge in [0.1, 0.15) is 6.07 Å². The van der Waals surface area contributed by atoms with E-state index in [9.17, 15) is 14.7 Å². The lowest BCUT2D eigenvalue weighted by molar-refractivity contribution is -0.145. The topological polar surface area (TPSA) is 90.2 Å². The summed E-state index contributed by atoms with van der Waals surface area (Å²) < 4.78 is 0. The highest BCUT2D eigenvalue weighted by Crippen LogP contribution is 2.37. The Morgan fingerprint density at radius 3 is 2.60 bits per heavy atom. The zero-order valence-electron chi connectivity index (χ0n) is 11.2. The minimum absolute atomic E-state index is 0.220. The van der Waals surface area contributed by atoms with Crippen LogP contribution >= 0.6 is 0 Å². The van der Waals surface area contributed by atoms with E-state index in [1.165, 1.54) is 0 Å². The molecule has 1 aromatic rings. The van der Waals surface area contributed by atoms with E-state index in [0.717, 1.165) is 0 Å². The molecule has 2 rings (SSSR count). The van der Waals surface area contributed by atoms with Gasteiger partial charge in [0.05, 0.1) is 23.1 Å². The largest absolute Gasteiger partial charge is 0.481 e. The summed E-state index contributed by atoms with van der Waals surface area (Å²) in [6, 6.07) is 8.70. The fourth-order valence-corrected chi connectivity index (χ4v) is 2.77. The van der Waals surface area contributed by atoms with Crippen LogP contribution in [0.2, 0.25) is 0 Å². The standard InChI is InChI=1S/C15H16N2O3/c1-9-6-11(12(7-9)15(19)20)14(18)17-13-5-3-2-4-10(13)8-16/h2-5,9,11-12H,6-7H2,1H3,(H,17,18)(H,19,20). The van der Waals surface area contributed by atoms with E-state index in [0.29, 0.717) is 24.1 Å². The molecule has 3 atom stereocenters. The summed E-state index contributed by atoms with van der Waals surface area (Å²) in [5.41, 5.74) is 0.808. The predicted molar refractivity (Wildman–Crippen MR) is 72.8 cm³/mol. The van der Waals surface area contributed by atoms with E-state index in [2.05, 4.69) is 5.32 Å². The van der Waals surface area contributed by atoms with Gasteiger partial charge in [0.15, 0.2) is 0 Å². The van der Waals surface area contributed by atoms with Gasteiger partial charge in [0, 0.05) is 0 Å². The number of anilines is 1. The maximum absolute atomic E-state index is 12.3. The number of carbonyl (C=O) groups excluding carboxylic acids is 1. The number of hydrogen-bond acceptors (Lipinski definition) is 3. The van der Waals surface area contributed by atoms with E-state index < -0.39 is 17.8 Å². The maximum atomic E-state index is 12.3. The first-order valence-electron chi connectivity index (χ1n) is 6.55. The quantitative estimate of drug-likeness (QED) is 0.883. The van der Waals surface area contributed by atoms with Crippen molar-refractivity contribution >= 4 is 17.6 Å². The van der Waals surface area contributed by atoms with Gasteiger partial charge < -0.3 is 10.4 Å². The molecule has 1 aromatic carbocycles. The Morgan fingerprint density at radius 2 is 1.95 bits per heavy atom. The van der Waals surface area contributed by atoms with Crippen LogP contribution in [-0.4, -0.2) is 17.0 Å². The average molecular weight is 272 g/mol. The molecule has 5 heteroatoms. The molecule has 3 unspecified atom stereocenters. The highest BCUT2D eigenvalue weighted by atomic mass is 16.4. The van der Waals surface area contributed by atoms with Crippen LogP contribution in [0.5, 0.6) is 0 Å². The molecule has 0 aliphatic heterocycles. The van der Waals surface area contributed by atoms with Crippen LogP contribution in [0.15, 0.2) is 24.3 Å². The number of nitrogens with one attached hydrogen (secondary N) is 1. The fraction of sp³-hybridized carbons (Fsp3) is 0.400. The number of amides is 1. The summed E-state index contributed by atoms with van der Waals surface area (Å²) in [5, 5.41) is 20.9. The highest BCUT2D eigenvalue weighted by molar-refractivity contribution is 5.96. The SMILES string of the molecule is CC1CC(C(=O)O)C(C(=O)Nc2ccccc2C#N)C1. The smallest absolute Gasteiger partial charge is 0.307 e. The fourth-order valence-electron chi connectivity index (χ4n) is 2.77. The molecule has 0 bridgehead atoms. The second-order valence-electron chi connectivity index (χ2n) is 5.27. The summed E-state index contributed by atoms with van der Waals surface area (Å²) in [6.45, 7) is 1.95. The molecular formula is C15H16N2O3. The van der Waals surface area contributed by atoms with Crippen LogP contribution in [0.4, 0.5) is 5.69 Å². The Morgan fingerprint density at radius 1 is 1.30 bits per heavy atom. The Kier molecular flexibility index (Phi) is 4.04. The summed E-state index contributed by atoms with van der Waals surface area (Å²) in [4.78, 5) is 23.5. The number of rotatable bonds is 3. The molecule has 1 aliphatic carbocycles. The normalized spacial score (nSPS) is 24.9. The first-order chi connectivity index (χ1) is 9.52. The Balaban J connectivity index is 2.16. The first-order valence-corrected chi connectivity index (χ1v) is 6.55. The van der Waals surface area contributed by atoms with E-state index in [4.69, 9.17) is 5.26 Å². The number of para-hydroxylation sites is 1. The van der Waals surface area contributed by atoms with E-state index in [-0.39, 0.29) is 11.8 Å². The van der Waals surface area contributed by atoms with Crippen molar-refractivity contribution in [3.05, 3.63) is 29.8 Å². The van der Waals surface area contributed by atoms with E-state index in [1.54, 1.807) is 24.3 Å². The molecule has 20 heavy (non-hydrogen) atoms. The van der Waals surface area contributed by atoms with Gasteiger partial charge in [0.25, 0.3) is 0 Å². The van der Waals surface area contributed by atoms with Crippen molar-refractivity contribution in [2.75, 3.05) is 5.32 Å². The third-order valence-electron chi connectivity index (χ3n) is 3.76. The number of nitrogens with zero attached hydrogens (tertiary/aromatic N) is 1. The van der Waals surface area contributed by atoms with Gasteiger partial charge >= 0.3 is 5.97 Å². The number of nitriles is 1. The molecule has 1 saturated carbocycles. The maximum Gasteiger partial charge on any atom is 0.307 e. The summed E-state index contributed by atoms with van der Waals surface area (Å²) in [6.07, 6.45) is 1.09. The summed E-state index contributed by atoms with van der Waals surface area (Å²) in [5.74, 6) is -2.20. The molecule has 1 aliphatic rings. The molecule has 0 spiro atoms. The van der Waals surface area contributed by atoms with Crippen molar-refractivity contribution in [1.29, 1.82) is 5.26 Å². The third kappa shape index (κ3) is 2.80. The molecule has 1 amide bonds. The molecule has 0 saturated heterocycles. The van der Waals surface area contributed by atoms with Gasteiger partial charge in [-0.25, -0.2) is 0 Å². The number of carbonyl (C=O) groups is 2. The van der Waals surface area contributed by atoms with Crippen molar-refractivity contribution in [3.63, 3.8) is 0 Å². The minimum atomic E-state index is -0.928. The lowest BCUT2D eigenvalue weighted by Gasteiger charge is -2.16. The number of benzene rings is 1. The summed E-state index contributed by atoms with van der Waals surface area (Å²) in [7, 11) is 0. The predicted octanol–water partition coefficient (Wildman–Crippen LogP) is 2.24. The number of aliphatic carboxylic acids is 1. The third-order valence-corrected chi connectivity index (χ3v) is 3.76. The molecular weight excluding hydrogens is 256 g/mol. The first kappa shape index (κ1) is 14.1. The molecule has 0 radical (unpaired) electrons. The Hall–Kier alpha value is -2.35. The number of carboxylic acid groups (broad SMARTS) is 1. The van der Waals surface area contributed by atoms with Gasteiger partial charge in [0.2, 0.25) is 5.91 Å². The van der Waals surface area contributed by atoms with Crippen LogP contribution in [-0.2, 0) is 9.59 Å². The van der Waals surface area contributed by atoms with E-state index in [1.807, 2.05) is 13.0 Å². The van der Waals surface area contributed by atoms with Gasteiger partial charge in [-0.05, 0) is 30.9 Å². The highest BCUT2D eigenvalue weighted by Gasteiger charge is 2.41. The summed E-state index contributed by atoms with van der Waals surface area (Å²) >= 11 is 0. The minimum Gasteiger partial charge on any atom is -0.481 e. The zero-order valence-corrected chi connectivity index (χ0v) is 11.2.